The fourth-order valence-corrected chi connectivity index (χ4v) is 4.50. The first kappa shape index (κ1) is 13.6. The van der Waals surface area contributed by atoms with E-state index in [1.807, 2.05) is 12.3 Å². The Balaban J connectivity index is 1.47. The molecule has 3 saturated heterocycles. The zero-order valence-electron chi connectivity index (χ0n) is 13.1. The third-order valence-corrected chi connectivity index (χ3v) is 5.73. The molecule has 0 radical (unpaired) electrons. The quantitative estimate of drug-likeness (QED) is 0.921. The van der Waals surface area contributed by atoms with Crippen LogP contribution >= 0.6 is 0 Å². The Kier molecular flexibility index (Phi) is 2.85. The lowest BCUT2D eigenvalue weighted by Gasteiger charge is -2.50. The Morgan fingerprint density at radius 1 is 1.26 bits per heavy atom. The third kappa shape index (κ3) is 2.03. The van der Waals surface area contributed by atoms with Crippen LogP contribution in [0.25, 0.3) is 11.1 Å². The van der Waals surface area contributed by atoms with Gasteiger partial charge in [-0.3, -0.25) is 4.90 Å². The fourth-order valence-electron chi connectivity index (χ4n) is 4.50. The summed E-state index contributed by atoms with van der Waals surface area (Å²) in [4.78, 5) is 7.13. The molecule has 2 aromatic rings. The first-order valence-electron chi connectivity index (χ1n) is 8.44. The van der Waals surface area contributed by atoms with Gasteiger partial charge in [0.1, 0.15) is 11.4 Å². The van der Waals surface area contributed by atoms with Crippen LogP contribution in [0.2, 0.25) is 0 Å². The van der Waals surface area contributed by atoms with Crippen LogP contribution in [0.15, 0.2) is 29.0 Å². The molecule has 5 nitrogen and oxygen atoms in total. The van der Waals surface area contributed by atoms with E-state index in [9.17, 15) is 0 Å². The molecule has 0 amide bonds. The van der Waals surface area contributed by atoms with E-state index in [0.717, 1.165) is 35.7 Å². The highest BCUT2D eigenvalue weighted by Gasteiger charge is 2.52. The van der Waals surface area contributed by atoms with Crippen LogP contribution in [-0.2, 0) is 13.0 Å². The number of nitrogens with two attached hydrogens (primary N) is 1. The third-order valence-electron chi connectivity index (χ3n) is 5.73. The van der Waals surface area contributed by atoms with E-state index in [2.05, 4.69) is 16.0 Å². The molecule has 0 unspecified atom stereocenters. The number of pyridine rings is 1. The van der Waals surface area contributed by atoms with Crippen molar-refractivity contribution in [3.05, 3.63) is 35.9 Å². The maximum absolute atomic E-state index is 6.39. The lowest BCUT2D eigenvalue weighted by atomic mass is 9.73. The molecule has 0 aliphatic carbocycles. The number of furan rings is 1. The second-order valence-corrected chi connectivity index (χ2v) is 7.09. The molecule has 3 fully saturated rings. The Morgan fingerprint density at radius 3 is 2.83 bits per heavy atom. The zero-order valence-corrected chi connectivity index (χ0v) is 13.1. The van der Waals surface area contributed by atoms with E-state index >= 15 is 0 Å². The molecular formula is C18H21N3O2. The molecule has 0 saturated carbocycles. The van der Waals surface area contributed by atoms with Crippen LogP contribution in [-0.4, -0.2) is 35.1 Å². The molecule has 120 valence electrons. The second kappa shape index (κ2) is 4.82. The topological polar surface area (TPSA) is 64.5 Å². The van der Waals surface area contributed by atoms with Gasteiger partial charge in [0, 0.05) is 41.8 Å². The highest BCUT2D eigenvalue weighted by atomic mass is 16.5. The monoisotopic (exact) mass is 311 g/mol. The fraction of sp³-hybridized carbons (Fsp3) is 0.500. The summed E-state index contributed by atoms with van der Waals surface area (Å²) in [5.74, 6) is 2.29. The molecule has 5 heteroatoms. The average Bonchev–Trinajstić information content (AvgIpc) is 3.19. The maximum atomic E-state index is 6.39. The minimum absolute atomic E-state index is 0.0384. The van der Waals surface area contributed by atoms with Crippen LogP contribution < -0.4 is 10.5 Å². The zero-order chi connectivity index (χ0) is 15.4. The molecule has 4 aliphatic heterocycles. The maximum Gasteiger partial charge on any atom is 0.217 e. The van der Waals surface area contributed by atoms with E-state index in [1.165, 1.54) is 31.5 Å². The summed E-state index contributed by atoms with van der Waals surface area (Å²) < 4.78 is 11.8. The van der Waals surface area contributed by atoms with Crippen molar-refractivity contribution in [1.29, 1.82) is 0 Å². The van der Waals surface area contributed by atoms with Gasteiger partial charge >= 0.3 is 0 Å². The van der Waals surface area contributed by atoms with Crippen LogP contribution in [0.4, 0.5) is 0 Å². The van der Waals surface area contributed by atoms with Crippen molar-refractivity contribution in [1.82, 2.24) is 9.88 Å². The summed E-state index contributed by atoms with van der Waals surface area (Å²) in [7, 11) is 0. The Labute approximate surface area is 135 Å². The number of nitrogens with zero attached hydrogens (tertiary/aromatic N) is 2. The van der Waals surface area contributed by atoms with Crippen molar-refractivity contribution in [3.63, 3.8) is 0 Å². The van der Waals surface area contributed by atoms with Gasteiger partial charge in [0.05, 0.1) is 12.8 Å². The number of rotatable bonds is 2. The Hall–Kier alpha value is -1.85. The highest BCUT2D eigenvalue weighted by Crippen LogP contribution is 2.46. The van der Waals surface area contributed by atoms with Crippen LogP contribution in [0.5, 0.6) is 5.88 Å². The standard InChI is InChI=1S/C18H21N3O2/c19-8-16-6-14(10-22-16)13-5-12-7-18(23-17(12)20-9-13)11-21-3-1-15(18)2-4-21/h5-6,9-10,15H,1-4,7-8,11,19H2/t18-/m0/s1. The summed E-state index contributed by atoms with van der Waals surface area (Å²) in [6, 6.07) is 4.20. The number of piperidine rings is 3. The van der Waals surface area contributed by atoms with Gasteiger partial charge < -0.3 is 14.9 Å². The molecule has 1 atom stereocenters. The van der Waals surface area contributed by atoms with Gasteiger partial charge in [-0.25, -0.2) is 4.98 Å². The predicted octanol–water partition coefficient (Wildman–Crippen LogP) is 2.20. The Morgan fingerprint density at radius 2 is 2.13 bits per heavy atom. The molecule has 2 aromatic heterocycles. The summed E-state index contributed by atoms with van der Waals surface area (Å²) in [6.45, 7) is 3.91. The van der Waals surface area contributed by atoms with E-state index in [4.69, 9.17) is 14.9 Å². The molecule has 6 heterocycles. The van der Waals surface area contributed by atoms with E-state index in [-0.39, 0.29) is 5.60 Å². The Bertz CT molecular complexity index is 748. The molecule has 0 aromatic carbocycles. The van der Waals surface area contributed by atoms with E-state index in [1.54, 1.807) is 6.26 Å². The molecule has 2 N–H and O–H groups in total. The van der Waals surface area contributed by atoms with Gasteiger partial charge in [-0.05, 0) is 38.1 Å². The normalized spacial score (nSPS) is 31.3. The molecule has 23 heavy (non-hydrogen) atoms. The lowest BCUT2D eigenvalue weighted by molar-refractivity contribution is -0.0814. The van der Waals surface area contributed by atoms with Gasteiger partial charge in [-0.2, -0.15) is 0 Å². The first-order valence-corrected chi connectivity index (χ1v) is 8.44. The van der Waals surface area contributed by atoms with Gasteiger partial charge in [0.2, 0.25) is 5.88 Å². The van der Waals surface area contributed by atoms with Crippen molar-refractivity contribution in [2.45, 2.75) is 31.4 Å². The lowest BCUT2D eigenvalue weighted by Crippen LogP contribution is -2.61. The first-order chi connectivity index (χ1) is 11.3. The number of fused-ring (bicyclic) bond motifs is 3. The smallest absolute Gasteiger partial charge is 0.217 e. The second-order valence-electron chi connectivity index (χ2n) is 7.09. The molecule has 2 bridgehead atoms. The van der Waals surface area contributed by atoms with Crippen molar-refractivity contribution in [3.8, 4) is 17.0 Å². The molecule has 1 spiro atoms. The number of aromatic nitrogens is 1. The summed E-state index contributed by atoms with van der Waals surface area (Å²) in [5, 5.41) is 0. The molecule has 4 aliphatic rings. The van der Waals surface area contributed by atoms with Crippen molar-refractivity contribution < 1.29 is 9.15 Å². The average molecular weight is 311 g/mol. The molecular weight excluding hydrogens is 290 g/mol. The SMILES string of the molecule is NCc1cc(-c2cnc3c(c2)C[C@@]2(CN4CCC2CC4)O3)co1. The number of ether oxygens (including phenoxy) is 1. The van der Waals surface area contributed by atoms with Gasteiger partial charge in [-0.1, -0.05) is 0 Å². The van der Waals surface area contributed by atoms with Crippen LogP contribution in [0.1, 0.15) is 24.2 Å². The highest BCUT2D eigenvalue weighted by molar-refractivity contribution is 5.64. The van der Waals surface area contributed by atoms with Gasteiger partial charge in [0.15, 0.2) is 0 Å². The van der Waals surface area contributed by atoms with Gasteiger partial charge in [0.25, 0.3) is 0 Å². The number of hydrogen-bond acceptors (Lipinski definition) is 5. The van der Waals surface area contributed by atoms with Gasteiger partial charge in [-0.15, -0.1) is 0 Å². The van der Waals surface area contributed by atoms with Crippen molar-refractivity contribution in [2.75, 3.05) is 19.6 Å². The minimum Gasteiger partial charge on any atom is -0.469 e. The van der Waals surface area contributed by atoms with E-state index < -0.39 is 0 Å². The van der Waals surface area contributed by atoms with Crippen LogP contribution in [0, 0.1) is 5.92 Å². The molecule has 6 rings (SSSR count). The van der Waals surface area contributed by atoms with E-state index in [0.29, 0.717) is 12.5 Å². The summed E-state index contributed by atoms with van der Waals surface area (Å²) in [5.41, 5.74) is 8.93. The summed E-state index contributed by atoms with van der Waals surface area (Å²) in [6.07, 6.45) is 7.12. The largest absolute Gasteiger partial charge is 0.469 e. The van der Waals surface area contributed by atoms with Crippen LogP contribution in [0.3, 0.4) is 0 Å². The number of hydrogen-bond donors (Lipinski definition) is 1. The summed E-state index contributed by atoms with van der Waals surface area (Å²) >= 11 is 0. The van der Waals surface area contributed by atoms with Crippen molar-refractivity contribution >= 4 is 0 Å². The predicted molar refractivity (Wildman–Crippen MR) is 86.1 cm³/mol. The van der Waals surface area contributed by atoms with Crippen molar-refractivity contribution in [2.24, 2.45) is 11.7 Å². The minimum atomic E-state index is -0.0384.